The Hall–Kier alpha value is -1.92. The number of amides is 4. The molecule has 0 aliphatic carbocycles. The highest BCUT2D eigenvalue weighted by Crippen LogP contribution is 2.17. The lowest BCUT2D eigenvalue weighted by Crippen LogP contribution is -2.59. The summed E-state index contributed by atoms with van der Waals surface area (Å²) in [4.78, 5) is 46.0. The Morgan fingerprint density at radius 3 is 2.47 bits per heavy atom. The molecule has 1 aliphatic heterocycles. The fourth-order valence-electron chi connectivity index (χ4n) is 1.64. The smallest absolute Gasteiger partial charge is 0.331 e. The molecule has 0 saturated carbocycles. The Kier molecular flexibility index (Phi) is 3.82. The molecule has 7 heteroatoms. The minimum Gasteiger partial charge on any atom is -0.481 e. The normalized spacial score (nSPS) is 20.8. The monoisotopic (exact) mass is 242 g/mol. The molecule has 0 radical (unpaired) electrons. The summed E-state index contributed by atoms with van der Waals surface area (Å²) < 4.78 is 0. The van der Waals surface area contributed by atoms with Gasteiger partial charge in [-0.25, -0.2) is 4.79 Å². The van der Waals surface area contributed by atoms with Crippen LogP contribution in [-0.2, 0) is 14.4 Å². The number of carboxylic acid groups (broad SMARTS) is 1. The first-order chi connectivity index (χ1) is 7.84. The average Bonchev–Trinajstić information content (AvgIpc) is 2.14. The van der Waals surface area contributed by atoms with Crippen LogP contribution in [0.4, 0.5) is 4.79 Å². The van der Waals surface area contributed by atoms with Crippen molar-refractivity contribution >= 4 is 23.8 Å². The van der Waals surface area contributed by atoms with Crippen LogP contribution in [0.25, 0.3) is 0 Å². The lowest BCUT2D eigenvalue weighted by molar-refractivity contribution is -0.144. The van der Waals surface area contributed by atoms with Gasteiger partial charge in [0.15, 0.2) is 0 Å². The van der Waals surface area contributed by atoms with Gasteiger partial charge in [-0.3, -0.25) is 24.6 Å². The van der Waals surface area contributed by atoms with Crippen LogP contribution >= 0.6 is 0 Å². The summed E-state index contributed by atoms with van der Waals surface area (Å²) in [5.74, 6) is -3.53. The predicted octanol–water partition coefficient (Wildman–Crippen LogP) is -0.0458. The van der Waals surface area contributed by atoms with Crippen molar-refractivity contribution < 1.29 is 24.3 Å². The molecule has 94 valence electrons. The number of nitrogens with one attached hydrogen (secondary N) is 1. The Balaban J connectivity index is 2.83. The molecule has 7 nitrogen and oxygen atoms in total. The van der Waals surface area contributed by atoms with Crippen LogP contribution in [0.3, 0.4) is 0 Å². The highest BCUT2D eigenvalue weighted by molar-refractivity contribution is 6.16. The van der Waals surface area contributed by atoms with E-state index < -0.39 is 29.7 Å². The van der Waals surface area contributed by atoms with Crippen LogP contribution in [0.2, 0.25) is 0 Å². The predicted molar refractivity (Wildman–Crippen MR) is 55.9 cm³/mol. The summed E-state index contributed by atoms with van der Waals surface area (Å²) in [7, 11) is 0. The third kappa shape index (κ3) is 2.80. The Labute approximate surface area is 97.8 Å². The largest absolute Gasteiger partial charge is 0.481 e. The molecule has 1 fully saturated rings. The number of rotatable bonds is 4. The molecule has 1 aliphatic rings. The first-order valence-corrected chi connectivity index (χ1v) is 5.24. The van der Waals surface area contributed by atoms with Gasteiger partial charge in [0, 0.05) is 12.5 Å². The average molecular weight is 242 g/mol. The second-order valence-electron chi connectivity index (χ2n) is 4.08. The summed E-state index contributed by atoms with van der Waals surface area (Å²) in [5.41, 5.74) is 0. The van der Waals surface area contributed by atoms with Crippen molar-refractivity contribution in [2.45, 2.75) is 32.7 Å². The van der Waals surface area contributed by atoms with Crippen LogP contribution < -0.4 is 5.32 Å². The van der Waals surface area contributed by atoms with Crippen LogP contribution in [0, 0.1) is 5.92 Å². The minimum atomic E-state index is -1.09. The van der Waals surface area contributed by atoms with Crippen molar-refractivity contribution in [1.82, 2.24) is 10.2 Å². The van der Waals surface area contributed by atoms with Gasteiger partial charge in [-0.1, -0.05) is 0 Å². The standard InChI is InChI=1S/C10H14N2O5/c1-5(2)12-9(16)6(3-4-7(13)14)8(15)11-10(12)17/h5-6H,3-4H2,1-2H3,(H,13,14)(H,11,15,17). The fourth-order valence-corrected chi connectivity index (χ4v) is 1.64. The third-order valence-electron chi connectivity index (χ3n) is 2.46. The van der Waals surface area contributed by atoms with Gasteiger partial charge in [-0.15, -0.1) is 0 Å². The molecular weight excluding hydrogens is 228 g/mol. The molecule has 1 atom stereocenters. The van der Waals surface area contributed by atoms with Crippen molar-refractivity contribution in [2.24, 2.45) is 5.92 Å². The second-order valence-corrected chi connectivity index (χ2v) is 4.08. The quantitative estimate of drug-likeness (QED) is 0.673. The zero-order valence-electron chi connectivity index (χ0n) is 9.60. The molecule has 0 aromatic carbocycles. The summed E-state index contributed by atoms with van der Waals surface area (Å²) in [6.07, 6.45) is -0.388. The van der Waals surface area contributed by atoms with Crippen molar-refractivity contribution in [3.8, 4) is 0 Å². The van der Waals surface area contributed by atoms with Gasteiger partial charge >= 0.3 is 12.0 Å². The van der Waals surface area contributed by atoms with Crippen LogP contribution in [0.5, 0.6) is 0 Å². The van der Waals surface area contributed by atoms with Crippen molar-refractivity contribution in [3.05, 3.63) is 0 Å². The highest BCUT2D eigenvalue weighted by atomic mass is 16.4. The summed E-state index contributed by atoms with van der Waals surface area (Å²) >= 11 is 0. The van der Waals surface area contributed by atoms with Crippen LogP contribution in [0.1, 0.15) is 26.7 Å². The summed E-state index contributed by atoms with van der Waals surface area (Å²) in [6.45, 7) is 3.28. The van der Waals surface area contributed by atoms with Gasteiger partial charge in [-0.2, -0.15) is 0 Å². The molecule has 17 heavy (non-hydrogen) atoms. The first kappa shape index (κ1) is 13.1. The molecule has 4 amide bonds. The van der Waals surface area contributed by atoms with Gasteiger partial charge in [0.25, 0.3) is 0 Å². The van der Waals surface area contributed by atoms with Crippen molar-refractivity contribution in [1.29, 1.82) is 0 Å². The molecule has 0 aromatic rings. The van der Waals surface area contributed by atoms with Gasteiger partial charge < -0.3 is 5.11 Å². The van der Waals surface area contributed by atoms with Gasteiger partial charge in [0.1, 0.15) is 5.92 Å². The number of imide groups is 2. The first-order valence-electron chi connectivity index (χ1n) is 5.24. The highest BCUT2D eigenvalue weighted by Gasteiger charge is 2.41. The Morgan fingerprint density at radius 1 is 1.41 bits per heavy atom. The molecule has 1 saturated heterocycles. The molecule has 1 unspecified atom stereocenters. The SMILES string of the molecule is CC(C)N1C(=O)NC(=O)C(CCC(=O)O)C1=O. The lowest BCUT2D eigenvalue weighted by Gasteiger charge is -2.32. The van der Waals surface area contributed by atoms with Gasteiger partial charge in [-0.05, 0) is 20.3 Å². The van der Waals surface area contributed by atoms with E-state index in [1.807, 2.05) is 5.32 Å². The minimum absolute atomic E-state index is 0.101. The zero-order valence-corrected chi connectivity index (χ0v) is 9.60. The molecule has 0 spiro atoms. The van der Waals surface area contributed by atoms with E-state index in [0.717, 1.165) is 4.90 Å². The Morgan fingerprint density at radius 2 is 2.00 bits per heavy atom. The molecule has 2 N–H and O–H groups in total. The molecular formula is C10H14N2O5. The van der Waals surface area contributed by atoms with Crippen molar-refractivity contribution in [2.75, 3.05) is 0 Å². The number of urea groups is 1. The number of aliphatic carboxylic acids is 1. The second kappa shape index (κ2) is 4.94. The fraction of sp³-hybridized carbons (Fsp3) is 0.600. The number of barbiturate groups is 1. The summed E-state index contributed by atoms with van der Waals surface area (Å²) in [6, 6.07) is -1.12. The van der Waals surface area contributed by atoms with E-state index in [1.54, 1.807) is 13.8 Å². The van der Waals surface area contributed by atoms with E-state index in [2.05, 4.69) is 0 Å². The number of nitrogens with zero attached hydrogens (tertiary/aromatic N) is 1. The van der Waals surface area contributed by atoms with Crippen LogP contribution in [-0.4, -0.2) is 39.9 Å². The van der Waals surface area contributed by atoms with Crippen LogP contribution in [0.15, 0.2) is 0 Å². The molecule has 1 heterocycles. The molecule has 0 aromatic heterocycles. The maximum Gasteiger partial charge on any atom is 0.331 e. The van der Waals surface area contributed by atoms with Gasteiger partial charge in [0.2, 0.25) is 11.8 Å². The number of carbonyl (C=O) groups is 4. The van der Waals surface area contributed by atoms with E-state index >= 15 is 0 Å². The number of carbonyl (C=O) groups excluding carboxylic acids is 3. The lowest BCUT2D eigenvalue weighted by atomic mass is 9.98. The maximum atomic E-state index is 11.9. The van der Waals surface area contributed by atoms with E-state index in [1.165, 1.54) is 0 Å². The summed E-state index contributed by atoms with van der Waals surface area (Å²) in [5, 5.41) is 10.6. The topological polar surface area (TPSA) is 104 Å². The van der Waals surface area contributed by atoms with Gasteiger partial charge in [0.05, 0.1) is 0 Å². The molecule has 0 bridgehead atoms. The zero-order chi connectivity index (χ0) is 13.2. The number of hydrogen-bond donors (Lipinski definition) is 2. The third-order valence-corrected chi connectivity index (χ3v) is 2.46. The Bertz CT molecular complexity index is 377. The van der Waals surface area contributed by atoms with E-state index in [-0.39, 0.29) is 18.9 Å². The number of hydrogen-bond acceptors (Lipinski definition) is 4. The van der Waals surface area contributed by atoms with E-state index in [4.69, 9.17) is 5.11 Å². The van der Waals surface area contributed by atoms with Crippen molar-refractivity contribution in [3.63, 3.8) is 0 Å². The number of carboxylic acids is 1. The maximum absolute atomic E-state index is 11.9. The van der Waals surface area contributed by atoms with E-state index in [0.29, 0.717) is 0 Å². The van der Waals surface area contributed by atoms with E-state index in [9.17, 15) is 19.2 Å². The molecule has 1 rings (SSSR count).